The van der Waals surface area contributed by atoms with Crippen LogP contribution >= 0.6 is 0 Å². The molecule has 1 atom stereocenters. The highest BCUT2D eigenvalue weighted by Gasteiger charge is 2.33. The molecule has 216 valence electrons. The fourth-order valence-corrected chi connectivity index (χ4v) is 6.73. The Bertz CT molecular complexity index is 1780. The lowest BCUT2D eigenvalue weighted by Crippen LogP contribution is -2.33. The molecule has 0 spiro atoms. The second-order valence-corrected chi connectivity index (χ2v) is 12.4. The smallest absolute Gasteiger partial charge is 0.265 e. The van der Waals surface area contributed by atoms with E-state index >= 15 is 4.39 Å². The molecule has 7 rings (SSSR count). The van der Waals surface area contributed by atoms with Crippen molar-refractivity contribution in [2.75, 3.05) is 37.4 Å². The molecule has 0 bridgehead atoms. The number of anilines is 1. The highest BCUT2D eigenvalue weighted by Crippen LogP contribution is 2.43. The minimum absolute atomic E-state index is 0.0704. The highest BCUT2D eigenvalue weighted by molar-refractivity contribution is 7.81. The zero-order chi connectivity index (χ0) is 29.0. The van der Waals surface area contributed by atoms with E-state index in [0.29, 0.717) is 35.9 Å². The third kappa shape index (κ3) is 4.73. The third-order valence-electron chi connectivity index (χ3n) is 8.46. The van der Waals surface area contributed by atoms with Crippen molar-refractivity contribution in [2.24, 2.45) is 0 Å². The van der Waals surface area contributed by atoms with Crippen molar-refractivity contribution in [3.05, 3.63) is 82.9 Å². The van der Waals surface area contributed by atoms with Crippen molar-refractivity contribution in [1.29, 1.82) is 0 Å². The first-order valence-corrected chi connectivity index (χ1v) is 15.7. The average molecular weight is 587 g/mol. The van der Waals surface area contributed by atoms with Crippen LogP contribution in [0.5, 0.6) is 5.75 Å². The van der Waals surface area contributed by atoms with Gasteiger partial charge in [-0.2, -0.15) is 0 Å². The SMILES string of the molecule is CS(=O)N1CC=C(c2cc3c(-c4cccc(N5CCOc6cc(C7CC7)cc(F)c6C5=O)c4CO)ccnc3[nH]2)CC1. The molecule has 0 radical (unpaired) electrons. The van der Waals surface area contributed by atoms with Crippen LogP contribution in [0.1, 0.15) is 52.4 Å². The van der Waals surface area contributed by atoms with E-state index in [1.807, 2.05) is 22.5 Å². The van der Waals surface area contributed by atoms with Crippen LogP contribution in [0.15, 0.2) is 54.7 Å². The van der Waals surface area contributed by atoms with Crippen LogP contribution in [0.3, 0.4) is 0 Å². The number of hydrogen-bond donors (Lipinski definition) is 2. The van der Waals surface area contributed by atoms with Crippen LogP contribution in [0.25, 0.3) is 27.7 Å². The Morgan fingerprint density at radius 3 is 2.76 bits per heavy atom. The molecule has 1 aliphatic carbocycles. The number of aliphatic hydroxyl groups excluding tert-OH is 1. The summed E-state index contributed by atoms with van der Waals surface area (Å²) < 4.78 is 35.0. The number of aromatic nitrogens is 2. The standard InChI is InChI=1S/C32H31FN4O4S/c1-42(40)36-11-8-20(9-12-36)27-17-24-23(7-10-34-31(24)35-27)22-3-2-4-28(25(22)18-38)37-13-14-41-29-16-21(19-5-6-19)15-26(33)30(29)32(37)39/h2-4,7-8,10,15-17,19,38H,5-6,9,11-14,18H2,1H3,(H,34,35). The van der Waals surface area contributed by atoms with Crippen molar-refractivity contribution in [3.63, 3.8) is 0 Å². The van der Waals surface area contributed by atoms with Gasteiger partial charge >= 0.3 is 0 Å². The van der Waals surface area contributed by atoms with E-state index in [4.69, 9.17) is 4.74 Å². The molecular weight excluding hydrogens is 555 g/mol. The number of ether oxygens (including phenoxy) is 1. The van der Waals surface area contributed by atoms with Crippen molar-refractivity contribution in [2.45, 2.75) is 31.8 Å². The van der Waals surface area contributed by atoms with Crippen LogP contribution in [-0.2, 0) is 17.6 Å². The minimum Gasteiger partial charge on any atom is -0.491 e. The summed E-state index contributed by atoms with van der Waals surface area (Å²) in [5, 5.41) is 11.5. The molecule has 2 aromatic carbocycles. The normalized spacial score (nSPS) is 18.4. The summed E-state index contributed by atoms with van der Waals surface area (Å²) in [6.07, 6.45) is 8.30. The van der Waals surface area contributed by atoms with Gasteiger partial charge in [0.2, 0.25) is 0 Å². The second-order valence-electron chi connectivity index (χ2n) is 11.0. The number of aromatic amines is 1. The number of nitrogens with zero attached hydrogens (tertiary/aromatic N) is 3. The first kappa shape index (κ1) is 27.0. The average Bonchev–Trinajstić information content (AvgIpc) is 3.78. The predicted octanol–water partition coefficient (Wildman–Crippen LogP) is 5.16. The molecule has 1 fully saturated rings. The van der Waals surface area contributed by atoms with E-state index < -0.39 is 22.7 Å². The minimum atomic E-state index is -1.01. The molecule has 8 nitrogen and oxygen atoms in total. The molecule has 3 aliphatic rings. The van der Waals surface area contributed by atoms with Gasteiger partial charge in [-0.1, -0.05) is 18.2 Å². The van der Waals surface area contributed by atoms with Gasteiger partial charge in [-0.3, -0.25) is 4.79 Å². The number of benzene rings is 2. The number of carbonyl (C=O) groups excluding carboxylic acids is 1. The maximum atomic E-state index is 15.3. The van der Waals surface area contributed by atoms with Gasteiger partial charge in [0.05, 0.1) is 29.8 Å². The maximum Gasteiger partial charge on any atom is 0.265 e. The Labute approximate surface area is 245 Å². The third-order valence-corrected chi connectivity index (χ3v) is 9.52. The summed E-state index contributed by atoms with van der Waals surface area (Å²) >= 11 is 0. The number of rotatable bonds is 6. The van der Waals surface area contributed by atoms with Gasteiger partial charge in [0, 0.05) is 42.2 Å². The van der Waals surface area contributed by atoms with Crippen molar-refractivity contribution >= 4 is 39.2 Å². The largest absolute Gasteiger partial charge is 0.491 e. The molecule has 4 heterocycles. The van der Waals surface area contributed by atoms with E-state index in [2.05, 4.69) is 22.1 Å². The summed E-state index contributed by atoms with van der Waals surface area (Å²) in [6, 6.07) is 12.8. The fourth-order valence-electron chi connectivity index (χ4n) is 6.10. The van der Waals surface area contributed by atoms with Gasteiger partial charge in [0.1, 0.15) is 29.4 Å². The number of halogens is 1. The first-order chi connectivity index (χ1) is 20.4. The van der Waals surface area contributed by atoms with E-state index in [0.717, 1.165) is 52.6 Å². The number of carbonyl (C=O) groups is 1. The molecule has 4 aromatic rings. The van der Waals surface area contributed by atoms with Crippen molar-refractivity contribution < 1.29 is 23.2 Å². The Morgan fingerprint density at radius 2 is 2.02 bits per heavy atom. The molecule has 10 heteroatoms. The molecule has 1 amide bonds. The molecule has 2 N–H and O–H groups in total. The molecule has 42 heavy (non-hydrogen) atoms. The fraction of sp³-hybridized carbons (Fsp3) is 0.312. The summed E-state index contributed by atoms with van der Waals surface area (Å²) in [4.78, 5) is 23.3. The summed E-state index contributed by atoms with van der Waals surface area (Å²) in [6.45, 7) is 1.43. The number of H-pyrrole nitrogens is 1. The van der Waals surface area contributed by atoms with Crippen LogP contribution in [0, 0.1) is 5.82 Å². The zero-order valence-electron chi connectivity index (χ0n) is 23.2. The van der Waals surface area contributed by atoms with Gasteiger partial charge in [-0.05, 0) is 77.8 Å². The first-order valence-electron chi connectivity index (χ1n) is 14.2. The number of nitrogens with one attached hydrogen (secondary N) is 1. The maximum absolute atomic E-state index is 15.3. The zero-order valence-corrected chi connectivity index (χ0v) is 24.0. The van der Waals surface area contributed by atoms with Gasteiger partial charge in [-0.15, -0.1) is 0 Å². The second kappa shape index (κ2) is 10.8. The van der Waals surface area contributed by atoms with E-state index in [1.54, 1.807) is 24.6 Å². The number of fused-ring (bicyclic) bond motifs is 2. The van der Waals surface area contributed by atoms with E-state index in [9.17, 15) is 14.1 Å². The Hall–Kier alpha value is -3.86. The van der Waals surface area contributed by atoms with Gasteiger partial charge in [0.15, 0.2) is 0 Å². The highest BCUT2D eigenvalue weighted by atomic mass is 32.2. The number of aliphatic hydroxyl groups is 1. The van der Waals surface area contributed by atoms with Crippen LogP contribution < -0.4 is 9.64 Å². The van der Waals surface area contributed by atoms with Crippen LogP contribution in [-0.4, -0.2) is 62.0 Å². The van der Waals surface area contributed by atoms with Crippen molar-refractivity contribution in [1.82, 2.24) is 14.3 Å². The predicted molar refractivity (Wildman–Crippen MR) is 161 cm³/mol. The van der Waals surface area contributed by atoms with Gasteiger partial charge < -0.3 is 19.7 Å². The number of hydrogen-bond acceptors (Lipinski definition) is 5. The summed E-state index contributed by atoms with van der Waals surface area (Å²) in [7, 11) is -1.01. The van der Waals surface area contributed by atoms with E-state index in [-0.39, 0.29) is 31.1 Å². The monoisotopic (exact) mass is 586 g/mol. The lowest BCUT2D eigenvalue weighted by molar-refractivity contribution is 0.0985. The lowest BCUT2D eigenvalue weighted by atomic mass is 9.95. The molecule has 2 aliphatic heterocycles. The van der Waals surface area contributed by atoms with Crippen molar-refractivity contribution in [3.8, 4) is 16.9 Å². The van der Waals surface area contributed by atoms with E-state index in [1.165, 1.54) is 11.0 Å². The van der Waals surface area contributed by atoms with Gasteiger partial charge in [-0.25, -0.2) is 17.9 Å². The van der Waals surface area contributed by atoms with Crippen LogP contribution in [0.2, 0.25) is 0 Å². The Morgan fingerprint density at radius 1 is 1.17 bits per heavy atom. The summed E-state index contributed by atoms with van der Waals surface area (Å²) in [5.74, 6) is -0.442. The summed E-state index contributed by atoms with van der Waals surface area (Å²) in [5.41, 5.74) is 6.31. The molecular formula is C32H31FN4O4S. The quantitative estimate of drug-likeness (QED) is 0.325. The molecule has 0 saturated heterocycles. The Kier molecular flexibility index (Phi) is 6.92. The molecule has 1 saturated carbocycles. The topological polar surface area (TPSA) is 98.8 Å². The number of pyridine rings is 1. The van der Waals surface area contributed by atoms with Gasteiger partial charge in [0.25, 0.3) is 5.91 Å². The lowest BCUT2D eigenvalue weighted by Gasteiger charge is -2.24. The van der Waals surface area contributed by atoms with Crippen LogP contribution in [0.4, 0.5) is 10.1 Å². The molecule has 1 unspecified atom stereocenters. The number of amides is 1. The Balaban J connectivity index is 1.27. The molecule has 2 aromatic heterocycles.